The molecular weight excluding hydrogens is 335 g/mol. The highest BCUT2D eigenvalue weighted by atomic mass is 35.5. The molecule has 1 aromatic heterocycles. The Morgan fingerprint density at radius 1 is 1.35 bits per heavy atom. The number of carboxylic acid groups (broad SMARTS) is 1. The number of allylic oxidation sites excluding steroid dienone is 6. The predicted octanol–water partition coefficient (Wildman–Crippen LogP) is 3.23. The van der Waals surface area contributed by atoms with Crippen molar-refractivity contribution >= 4 is 23.4 Å². The maximum Gasteiger partial charge on any atom is 0.417 e. The minimum atomic E-state index is -4.42. The lowest BCUT2D eigenvalue weighted by Crippen LogP contribution is -2.04. The second-order valence-electron chi connectivity index (χ2n) is 4.92. The van der Waals surface area contributed by atoms with E-state index in [1.54, 1.807) is 18.2 Å². The zero-order valence-electron chi connectivity index (χ0n) is 11.8. The van der Waals surface area contributed by atoms with Gasteiger partial charge in [0.25, 0.3) is 0 Å². The van der Waals surface area contributed by atoms with Crippen LogP contribution in [0.1, 0.15) is 11.3 Å². The summed E-state index contributed by atoms with van der Waals surface area (Å²) in [6.07, 6.45) is 1.27. The van der Waals surface area contributed by atoms with E-state index in [0.717, 1.165) is 22.4 Å². The molecule has 1 aromatic rings. The first kappa shape index (κ1) is 17.1. The summed E-state index contributed by atoms with van der Waals surface area (Å²) in [6.45, 7) is 0. The van der Waals surface area contributed by atoms with Gasteiger partial charge in [-0.3, -0.25) is 9.59 Å². The fourth-order valence-corrected chi connectivity index (χ4v) is 2.36. The number of nitrogens with zero attached hydrogens (tertiary/aromatic N) is 1. The predicted molar refractivity (Wildman–Crippen MR) is 76.9 cm³/mol. The molecule has 4 nitrogen and oxygen atoms in total. The van der Waals surface area contributed by atoms with Crippen molar-refractivity contribution in [2.24, 2.45) is 7.05 Å². The van der Waals surface area contributed by atoms with Crippen molar-refractivity contribution in [3.63, 3.8) is 0 Å². The first-order chi connectivity index (χ1) is 10.6. The molecule has 0 atom stereocenters. The maximum absolute atomic E-state index is 12.2. The van der Waals surface area contributed by atoms with Crippen LogP contribution in [-0.2, 0) is 29.2 Å². The highest BCUT2D eigenvalue weighted by Crippen LogP contribution is 2.32. The summed E-state index contributed by atoms with van der Waals surface area (Å²) in [7, 11) is 1.38. The Morgan fingerprint density at radius 2 is 2.00 bits per heavy atom. The lowest BCUT2D eigenvalue weighted by atomic mass is 10.2. The average molecular weight is 346 g/mol. The minimum absolute atomic E-state index is 0.0694. The first-order valence-corrected chi connectivity index (χ1v) is 6.76. The number of halogens is 4. The van der Waals surface area contributed by atoms with Gasteiger partial charge >= 0.3 is 12.1 Å². The van der Waals surface area contributed by atoms with Gasteiger partial charge in [0.1, 0.15) is 0 Å². The largest absolute Gasteiger partial charge is 0.481 e. The van der Waals surface area contributed by atoms with Crippen molar-refractivity contribution in [3.8, 4) is 0 Å². The number of fused-ring (bicyclic) bond motifs is 2. The van der Waals surface area contributed by atoms with Crippen LogP contribution in [0, 0.1) is 0 Å². The van der Waals surface area contributed by atoms with E-state index >= 15 is 0 Å². The second-order valence-corrected chi connectivity index (χ2v) is 5.33. The normalized spacial score (nSPS) is 15.7. The lowest BCUT2D eigenvalue weighted by Gasteiger charge is -2.00. The van der Waals surface area contributed by atoms with Crippen LogP contribution in [0.4, 0.5) is 13.2 Å². The van der Waals surface area contributed by atoms with Crippen LogP contribution in [0.5, 0.6) is 0 Å². The fraction of sp³-hybridized carbons (Fsp3) is 0.200. The van der Waals surface area contributed by atoms with E-state index in [-0.39, 0.29) is 11.5 Å². The van der Waals surface area contributed by atoms with Gasteiger partial charge in [-0.1, -0.05) is 17.7 Å². The number of carbonyl (C=O) groups excluding carboxylic acids is 1. The van der Waals surface area contributed by atoms with E-state index in [0.29, 0.717) is 10.6 Å². The number of Topliss-reactive ketones (excluding diaryl/α,β-unsaturated/α-hetero) is 1. The molecule has 0 spiro atoms. The summed E-state index contributed by atoms with van der Waals surface area (Å²) in [5, 5.41) is 8.99. The molecule has 0 amide bonds. The smallest absolute Gasteiger partial charge is 0.417 e. The van der Waals surface area contributed by atoms with E-state index in [1.807, 2.05) is 0 Å². The molecule has 0 radical (unpaired) electrons. The molecule has 1 heterocycles. The molecule has 8 heteroatoms. The number of aromatic nitrogens is 1. The average Bonchev–Trinajstić information content (AvgIpc) is 3.03. The highest BCUT2D eigenvalue weighted by Gasteiger charge is 2.32. The van der Waals surface area contributed by atoms with Gasteiger partial charge in [0.2, 0.25) is 0 Å². The van der Waals surface area contributed by atoms with E-state index in [1.165, 1.54) is 7.05 Å². The standard InChI is InChI=1S/C8H8F3NO2.C7H3ClO/c1-12-4-5(8(9,10)11)2-6(12)3-7(13)14;8-6-3-4-1-2-5(6)7(4)9/h2,4H,3H2,1H3,(H,13,14);1-3H. The number of hydrogen-bond acceptors (Lipinski definition) is 2. The number of rotatable bonds is 2. The molecule has 1 N–H and O–H groups in total. The Kier molecular flexibility index (Phi) is 4.51. The molecule has 0 saturated carbocycles. The molecule has 2 aliphatic carbocycles. The number of hydrogen-bond donors (Lipinski definition) is 1. The first-order valence-electron chi connectivity index (χ1n) is 6.38. The molecule has 0 unspecified atom stereocenters. The molecule has 0 fully saturated rings. The van der Waals surface area contributed by atoms with Gasteiger partial charge in [0.15, 0.2) is 5.78 Å². The Bertz CT molecular complexity index is 769. The molecule has 3 rings (SSSR count). The van der Waals surface area contributed by atoms with Crippen LogP contribution in [0.15, 0.2) is 46.7 Å². The summed E-state index contributed by atoms with van der Waals surface area (Å²) in [5.41, 5.74) is 0.669. The molecule has 122 valence electrons. The molecule has 0 aliphatic heterocycles. The quantitative estimate of drug-likeness (QED) is 0.895. The van der Waals surface area contributed by atoms with Gasteiger partial charge in [-0.25, -0.2) is 0 Å². The lowest BCUT2D eigenvalue weighted by molar-refractivity contribution is -0.138. The Balaban J connectivity index is 0.000000182. The Labute approximate surface area is 134 Å². The number of alkyl halides is 3. The monoisotopic (exact) mass is 345 g/mol. The van der Waals surface area contributed by atoms with Crippen LogP contribution >= 0.6 is 11.6 Å². The third-order valence-electron chi connectivity index (χ3n) is 3.24. The van der Waals surface area contributed by atoms with Crippen molar-refractivity contribution in [2.75, 3.05) is 0 Å². The third-order valence-corrected chi connectivity index (χ3v) is 3.56. The van der Waals surface area contributed by atoms with Gasteiger partial charge in [0.05, 0.1) is 17.0 Å². The third kappa shape index (κ3) is 3.73. The zero-order chi connectivity index (χ0) is 17.4. The van der Waals surface area contributed by atoms with Crippen molar-refractivity contribution in [2.45, 2.75) is 12.6 Å². The summed E-state index contributed by atoms with van der Waals surface area (Å²) in [4.78, 5) is 21.2. The van der Waals surface area contributed by atoms with Crippen LogP contribution in [0.3, 0.4) is 0 Å². The topological polar surface area (TPSA) is 59.3 Å². The second kappa shape index (κ2) is 6.08. The zero-order valence-corrected chi connectivity index (χ0v) is 12.6. The van der Waals surface area contributed by atoms with E-state index < -0.39 is 24.1 Å². The highest BCUT2D eigenvalue weighted by molar-refractivity contribution is 6.38. The van der Waals surface area contributed by atoms with Crippen LogP contribution in [-0.4, -0.2) is 21.4 Å². The van der Waals surface area contributed by atoms with E-state index in [9.17, 15) is 22.8 Å². The molecule has 2 bridgehead atoms. The number of ketones is 1. The van der Waals surface area contributed by atoms with Gasteiger partial charge < -0.3 is 9.67 Å². The van der Waals surface area contributed by atoms with Crippen molar-refractivity contribution in [3.05, 3.63) is 57.9 Å². The van der Waals surface area contributed by atoms with E-state index in [4.69, 9.17) is 16.7 Å². The maximum atomic E-state index is 12.2. The van der Waals surface area contributed by atoms with Crippen LogP contribution in [0.25, 0.3) is 0 Å². The van der Waals surface area contributed by atoms with Gasteiger partial charge in [0, 0.05) is 30.1 Å². The summed E-state index contributed by atoms with van der Waals surface area (Å²) in [6, 6.07) is 0.841. The molecule has 2 aliphatic rings. The van der Waals surface area contributed by atoms with Gasteiger partial charge in [-0.15, -0.1) is 0 Å². The van der Waals surface area contributed by atoms with Gasteiger partial charge in [-0.05, 0) is 18.2 Å². The number of carbonyl (C=O) groups is 2. The molecule has 23 heavy (non-hydrogen) atoms. The van der Waals surface area contributed by atoms with Crippen molar-refractivity contribution < 1.29 is 27.9 Å². The molecule has 0 aromatic carbocycles. The number of carboxylic acids is 1. The summed E-state index contributed by atoms with van der Waals surface area (Å²) >= 11 is 5.63. The summed E-state index contributed by atoms with van der Waals surface area (Å²) in [5.74, 6) is -1.08. The summed E-state index contributed by atoms with van der Waals surface area (Å²) < 4.78 is 37.6. The fourth-order valence-electron chi connectivity index (χ4n) is 2.09. The Hall–Kier alpha value is -2.28. The number of aliphatic carboxylic acids is 1. The van der Waals surface area contributed by atoms with Crippen molar-refractivity contribution in [1.29, 1.82) is 0 Å². The Morgan fingerprint density at radius 3 is 2.30 bits per heavy atom. The molecular formula is C15H11ClF3NO3. The minimum Gasteiger partial charge on any atom is -0.481 e. The van der Waals surface area contributed by atoms with Crippen molar-refractivity contribution in [1.82, 2.24) is 4.57 Å². The number of aryl methyl sites for hydroxylation is 1. The van der Waals surface area contributed by atoms with Gasteiger partial charge in [-0.2, -0.15) is 13.2 Å². The molecule has 0 saturated heterocycles. The van der Waals surface area contributed by atoms with Crippen LogP contribution in [0.2, 0.25) is 0 Å². The van der Waals surface area contributed by atoms with Crippen LogP contribution < -0.4 is 0 Å². The van der Waals surface area contributed by atoms with E-state index in [2.05, 4.69) is 0 Å². The SMILES string of the molecule is Cn1cc(C(F)(F)F)cc1CC(=O)O.O=C1C2=CC(Cl)=C1C=C2.